The highest BCUT2D eigenvalue weighted by Crippen LogP contribution is 2.23. The number of rotatable bonds is 2. The van der Waals surface area contributed by atoms with Crippen molar-refractivity contribution in [1.82, 2.24) is 9.47 Å². The predicted molar refractivity (Wildman–Crippen MR) is 78.2 cm³/mol. The molecule has 0 spiro atoms. The minimum absolute atomic E-state index is 0.0604. The van der Waals surface area contributed by atoms with Crippen molar-refractivity contribution >= 4 is 21.8 Å². The van der Waals surface area contributed by atoms with Gasteiger partial charge in [0.2, 0.25) is 0 Å². The maximum atomic E-state index is 12.6. The molecule has 1 aromatic rings. The number of likely N-dealkylation sites (tertiary alicyclic amines) is 1. The lowest BCUT2D eigenvalue weighted by molar-refractivity contribution is 0.0437. The Balaban J connectivity index is 2.15. The second-order valence-corrected chi connectivity index (χ2v) is 6.39. The predicted octanol–water partition coefficient (Wildman–Crippen LogP) is 2.65. The SMILES string of the molecule is CCn1cc(Br)cc1C(=O)N1CCCC(C)(O)CC1. The van der Waals surface area contributed by atoms with Crippen LogP contribution in [0.4, 0.5) is 0 Å². The zero-order chi connectivity index (χ0) is 14.0. The fourth-order valence-electron chi connectivity index (χ4n) is 2.54. The summed E-state index contributed by atoms with van der Waals surface area (Å²) in [4.78, 5) is 14.4. The molecule has 1 N–H and O–H groups in total. The average molecular weight is 329 g/mol. The summed E-state index contributed by atoms with van der Waals surface area (Å²) in [7, 11) is 0. The Morgan fingerprint density at radius 2 is 2.21 bits per heavy atom. The van der Waals surface area contributed by atoms with Gasteiger partial charge >= 0.3 is 0 Å². The van der Waals surface area contributed by atoms with Crippen molar-refractivity contribution in [2.45, 2.75) is 45.3 Å². The van der Waals surface area contributed by atoms with Crippen LogP contribution in [-0.2, 0) is 6.54 Å². The number of carbonyl (C=O) groups is 1. The van der Waals surface area contributed by atoms with Gasteiger partial charge in [-0.3, -0.25) is 4.79 Å². The van der Waals surface area contributed by atoms with E-state index in [9.17, 15) is 9.90 Å². The molecule has 1 aliphatic rings. The van der Waals surface area contributed by atoms with Gasteiger partial charge in [0, 0.05) is 30.3 Å². The monoisotopic (exact) mass is 328 g/mol. The van der Waals surface area contributed by atoms with Crippen molar-refractivity contribution in [3.63, 3.8) is 0 Å². The third-order valence-corrected chi connectivity index (χ3v) is 4.21. The summed E-state index contributed by atoms with van der Waals surface area (Å²) in [6.45, 7) is 6.00. The van der Waals surface area contributed by atoms with E-state index in [0.29, 0.717) is 13.0 Å². The van der Waals surface area contributed by atoms with Gasteiger partial charge < -0.3 is 14.6 Å². The van der Waals surface area contributed by atoms with Gasteiger partial charge in [-0.2, -0.15) is 0 Å². The molecule has 0 radical (unpaired) electrons. The molecule has 1 atom stereocenters. The molecular formula is C14H21BrN2O2. The number of aliphatic hydroxyl groups is 1. The molecular weight excluding hydrogens is 308 g/mol. The summed E-state index contributed by atoms with van der Waals surface area (Å²) in [5, 5.41) is 10.1. The van der Waals surface area contributed by atoms with Gasteiger partial charge in [-0.1, -0.05) is 0 Å². The van der Waals surface area contributed by atoms with Crippen LogP contribution in [0.1, 0.15) is 43.6 Å². The first kappa shape index (κ1) is 14.6. The number of nitrogens with zero attached hydrogens (tertiary/aromatic N) is 2. The number of aromatic nitrogens is 1. The summed E-state index contributed by atoms with van der Waals surface area (Å²) >= 11 is 3.42. The second-order valence-electron chi connectivity index (χ2n) is 5.47. The van der Waals surface area contributed by atoms with Crippen LogP contribution in [0.25, 0.3) is 0 Å². The van der Waals surface area contributed by atoms with Gasteiger partial charge in [-0.15, -0.1) is 0 Å². The molecule has 0 bridgehead atoms. The highest BCUT2D eigenvalue weighted by Gasteiger charge is 2.28. The van der Waals surface area contributed by atoms with Crippen molar-refractivity contribution in [3.8, 4) is 0 Å². The van der Waals surface area contributed by atoms with Gasteiger partial charge in [0.15, 0.2) is 0 Å². The topological polar surface area (TPSA) is 45.5 Å². The molecule has 1 amide bonds. The highest BCUT2D eigenvalue weighted by molar-refractivity contribution is 9.10. The van der Waals surface area contributed by atoms with Crippen LogP contribution in [0, 0.1) is 0 Å². The molecule has 2 rings (SSSR count). The fourth-order valence-corrected chi connectivity index (χ4v) is 3.01. The Morgan fingerprint density at radius 3 is 2.89 bits per heavy atom. The van der Waals surface area contributed by atoms with Crippen molar-refractivity contribution < 1.29 is 9.90 Å². The molecule has 19 heavy (non-hydrogen) atoms. The second kappa shape index (κ2) is 5.67. The summed E-state index contributed by atoms with van der Waals surface area (Å²) in [6.07, 6.45) is 4.19. The molecule has 5 heteroatoms. The zero-order valence-electron chi connectivity index (χ0n) is 11.5. The maximum Gasteiger partial charge on any atom is 0.270 e. The Hall–Kier alpha value is -0.810. The summed E-state index contributed by atoms with van der Waals surface area (Å²) in [5.41, 5.74) is 0.0819. The van der Waals surface area contributed by atoms with Crippen molar-refractivity contribution in [2.75, 3.05) is 13.1 Å². The number of halogens is 1. The molecule has 4 nitrogen and oxygen atoms in total. The molecule has 0 aromatic carbocycles. The van der Waals surface area contributed by atoms with Crippen LogP contribution >= 0.6 is 15.9 Å². The number of hydrogen-bond donors (Lipinski definition) is 1. The molecule has 2 heterocycles. The normalized spacial score (nSPS) is 24.3. The smallest absolute Gasteiger partial charge is 0.270 e. The van der Waals surface area contributed by atoms with E-state index in [-0.39, 0.29) is 5.91 Å². The average Bonchev–Trinajstić information content (AvgIpc) is 2.63. The number of carbonyl (C=O) groups excluding carboxylic acids is 1. The first-order chi connectivity index (χ1) is 8.93. The van der Waals surface area contributed by atoms with E-state index >= 15 is 0 Å². The molecule has 1 saturated heterocycles. The molecule has 0 aliphatic carbocycles. The van der Waals surface area contributed by atoms with E-state index in [2.05, 4.69) is 15.9 Å². The lowest BCUT2D eigenvalue weighted by atomic mass is 9.98. The maximum absolute atomic E-state index is 12.6. The quantitative estimate of drug-likeness (QED) is 0.907. The summed E-state index contributed by atoms with van der Waals surface area (Å²) in [5.74, 6) is 0.0604. The van der Waals surface area contributed by atoms with Crippen LogP contribution in [0.15, 0.2) is 16.7 Å². The van der Waals surface area contributed by atoms with Gasteiger partial charge in [-0.05, 0) is 55.1 Å². The summed E-state index contributed by atoms with van der Waals surface area (Å²) in [6, 6.07) is 1.87. The molecule has 0 saturated carbocycles. The zero-order valence-corrected chi connectivity index (χ0v) is 13.1. The highest BCUT2D eigenvalue weighted by atomic mass is 79.9. The Kier molecular flexibility index (Phi) is 4.36. The lowest BCUT2D eigenvalue weighted by Gasteiger charge is -2.23. The minimum Gasteiger partial charge on any atom is -0.390 e. The minimum atomic E-state index is -0.637. The van der Waals surface area contributed by atoms with Crippen LogP contribution in [0.3, 0.4) is 0 Å². The number of hydrogen-bond acceptors (Lipinski definition) is 2. The summed E-state index contributed by atoms with van der Waals surface area (Å²) < 4.78 is 2.88. The first-order valence-corrected chi connectivity index (χ1v) is 7.59. The van der Waals surface area contributed by atoms with E-state index in [1.807, 2.05) is 35.6 Å². The van der Waals surface area contributed by atoms with Gasteiger partial charge in [-0.25, -0.2) is 0 Å². The van der Waals surface area contributed by atoms with Gasteiger partial charge in [0.05, 0.1) is 5.60 Å². The van der Waals surface area contributed by atoms with Crippen molar-refractivity contribution in [2.24, 2.45) is 0 Å². The van der Waals surface area contributed by atoms with Crippen LogP contribution in [0.5, 0.6) is 0 Å². The van der Waals surface area contributed by atoms with E-state index in [1.54, 1.807) is 0 Å². The van der Waals surface area contributed by atoms with E-state index in [1.165, 1.54) is 0 Å². The van der Waals surface area contributed by atoms with Crippen LogP contribution < -0.4 is 0 Å². The Labute approximate surface area is 122 Å². The molecule has 106 valence electrons. The Bertz CT molecular complexity index is 468. The Morgan fingerprint density at radius 1 is 1.47 bits per heavy atom. The largest absolute Gasteiger partial charge is 0.390 e. The van der Waals surface area contributed by atoms with Crippen molar-refractivity contribution in [1.29, 1.82) is 0 Å². The molecule has 1 aliphatic heterocycles. The first-order valence-electron chi connectivity index (χ1n) is 6.80. The fraction of sp³-hybridized carbons (Fsp3) is 0.643. The number of aryl methyl sites for hydroxylation is 1. The van der Waals surface area contributed by atoms with Gasteiger partial charge in [0.25, 0.3) is 5.91 Å². The standard InChI is InChI=1S/C14H21BrN2O2/c1-3-16-10-11(15)9-12(16)13(18)17-7-4-5-14(2,19)6-8-17/h9-10,19H,3-8H2,1-2H3. The third-order valence-electron chi connectivity index (χ3n) is 3.77. The third kappa shape index (κ3) is 3.39. The van der Waals surface area contributed by atoms with Gasteiger partial charge in [0.1, 0.15) is 5.69 Å². The van der Waals surface area contributed by atoms with Crippen molar-refractivity contribution in [3.05, 3.63) is 22.4 Å². The lowest BCUT2D eigenvalue weighted by Crippen LogP contribution is -2.34. The number of amides is 1. The molecule has 1 aromatic heterocycles. The van der Waals surface area contributed by atoms with Crippen LogP contribution in [0.2, 0.25) is 0 Å². The van der Waals surface area contributed by atoms with E-state index in [0.717, 1.165) is 36.1 Å². The van der Waals surface area contributed by atoms with Crippen LogP contribution in [-0.4, -0.2) is 39.2 Å². The molecule has 1 unspecified atom stereocenters. The molecule has 1 fully saturated rings. The van der Waals surface area contributed by atoms with E-state index in [4.69, 9.17) is 0 Å². The van der Waals surface area contributed by atoms with E-state index < -0.39 is 5.60 Å².